The predicted molar refractivity (Wildman–Crippen MR) is 135 cm³/mol. The lowest BCUT2D eigenvalue weighted by Crippen LogP contribution is -2.60. The lowest BCUT2D eigenvalue weighted by atomic mass is 9.70. The van der Waals surface area contributed by atoms with Gasteiger partial charge in [-0.1, -0.05) is 48.5 Å². The topological polar surface area (TPSA) is 110 Å². The van der Waals surface area contributed by atoms with E-state index in [2.05, 4.69) is 15.6 Å². The molecule has 1 aliphatic heterocycles. The number of nitrogens with one attached hydrogen (secondary N) is 2. The quantitative estimate of drug-likeness (QED) is 0.455. The Morgan fingerprint density at radius 3 is 2.17 bits per heavy atom. The standard InChI is InChI=1S/C20H23N3O4S.C6H6O/c1-12-14(17(24)26-3)16(22-19-21-10-11-28-19)15(18(25)27-4)20(2,23-12)13-8-6-5-7-9-13;7-6-4-2-1-3-5-6/h5-11,15-16,23H,1-4H3,(H,21,22);1-5,7H. The summed E-state index contributed by atoms with van der Waals surface area (Å²) in [5.74, 6) is -1.38. The maximum absolute atomic E-state index is 13.0. The van der Waals surface area contributed by atoms with Crippen LogP contribution in [0.25, 0.3) is 0 Å². The molecule has 0 fully saturated rings. The largest absolute Gasteiger partial charge is 0.508 e. The Balaban J connectivity index is 0.000000420. The van der Waals surface area contributed by atoms with Gasteiger partial charge in [-0.2, -0.15) is 0 Å². The first-order valence-corrected chi connectivity index (χ1v) is 11.8. The van der Waals surface area contributed by atoms with Gasteiger partial charge >= 0.3 is 11.9 Å². The number of esters is 2. The van der Waals surface area contributed by atoms with E-state index in [0.29, 0.717) is 22.2 Å². The summed E-state index contributed by atoms with van der Waals surface area (Å²) in [4.78, 5) is 29.8. The number of rotatable bonds is 5. The summed E-state index contributed by atoms with van der Waals surface area (Å²) in [6.07, 6.45) is 1.66. The average Bonchev–Trinajstić information content (AvgIpc) is 3.38. The predicted octanol–water partition coefficient (Wildman–Crippen LogP) is 4.07. The molecule has 8 nitrogen and oxygen atoms in total. The molecular formula is C26H29N3O5S. The van der Waals surface area contributed by atoms with Gasteiger partial charge in [0.05, 0.1) is 31.4 Å². The monoisotopic (exact) mass is 495 g/mol. The van der Waals surface area contributed by atoms with E-state index in [9.17, 15) is 9.59 Å². The van der Waals surface area contributed by atoms with E-state index in [1.54, 1.807) is 37.4 Å². The van der Waals surface area contributed by atoms with Gasteiger partial charge in [0.15, 0.2) is 5.13 Å². The number of benzene rings is 2. The summed E-state index contributed by atoms with van der Waals surface area (Å²) in [6, 6.07) is 17.7. The molecule has 0 amide bonds. The molecule has 0 aliphatic carbocycles. The van der Waals surface area contributed by atoms with E-state index in [1.807, 2.05) is 48.7 Å². The van der Waals surface area contributed by atoms with E-state index >= 15 is 0 Å². The summed E-state index contributed by atoms with van der Waals surface area (Å²) in [5.41, 5.74) is 1.07. The smallest absolute Gasteiger partial charge is 0.337 e. The van der Waals surface area contributed by atoms with E-state index < -0.39 is 29.4 Å². The third-order valence-corrected chi connectivity index (χ3v) is 6.52. The normalized spacial score (nSPS) is 21.1. The Bertz CT molecular complexity index is 1150. The van der Waals surface area contributed by atoms with Crippen LogP contribution < -0.4 is 10.6 Å². The van der Waals surface area contributed by atoms with Crippen molar-refractivity contribution in [3.05, 3.63) is 89.1 Å². The Morgan fingerprint density at radius 1 is 1.06 bits per heavy atom. The molecule has 1 aromatic heterocycles. The van der Waals surface area contributed by atoms with Crippen LogP contribution in [0.1, 0.15) is 19.4 Å². The van der Waals surface area contributed by atoms with Crippen molar-refractivity contribution in [2.75, 3.05) is 19.5 Å². The fourth-order valence-corrected chi connectivity index (χ4v) is 4.77. The number of ether oxygens (including phenoxy) is 2. The Morgan fingerprint density at radius 2 is 1.69 bits per heavy atom. The second-order valence-electron chi connectivity index (χ2n) is 8.02. The molecule has 1 aliphatic rings. The second kappa shape index (κ2) is 11.5. The number of carbonyl (C=O) groups is 2. The van der Waals surface area contributed by atoms with Crippen molar-refractivity contribution in [1.82, 2.24) is 10.3 Å². The molecule has 3 atom stereocenters. The minimum absolute atomic E-state index is 0.322. The molecule has 0 bridgehead atoms. The number of phenols is 1. The third-order valence-electron chi connectivity index (χ3n) is 5.82. The molecule has 0 spiro atoms. The van der Waals surface area contributed by atoms with E-state index in [4.69, 9.17) is 14.6 Å². The molecule has 184 valence electrons. The maximum Gasteiger partial charge on any atom is 0.337 e. The number of aromatic nitrogens is 1. The zero-order valence-electron chi connectivity index (χ0n) is 20.0. The number of methoxy groups -OCH3 is 2. The van der Waals surface area contributed by atoms with Crippen LogP contribution in [-0.2, 0) is 24.6 Å². The van der Waals surface area contributed by atoms with Gasteiger partial charge in [-0.15, -0.1) is 11.3 Å². The Labute approximate surface area is 208 Å². The number of aromatic hydroxyl groups is 1. The molecule has 2 heterocycles. The average molecular weight is 496 g/mol. The van der Waals surface area contributed by atoms with Gasteiger partial charge in [0.25, 0.3) is 0 Å². The highest BCUT2D eigenvalue weighted by atomic mass is 32.1. The number of nitrogens with zero attached hydrogens (tertiary/aromatic N) is 1. The van der Waals surface area contributed by atoms with E-state index in [0.717, 1.165) is 5.56 Å². The van der Waals surface area contributed by atoms with Crippen molar-refractivity contribution in [3.63, 3.8) is 0 Å². The molecule has 3 unspecified atom stereocenters. The molecule has 35 heavy (non-hydrogen) atoms. The SMILES string of the molecule is COC(=O)C1=C(C)NC(C)(c2ccccc2)C(C(=O)OC)C1Nc1nccs1.Oc1ccccc1. The molecule has 0 radical (unpaired) electrons. The van der Waals surface area contributed by atoms with Gasteiger partial charge in [-0.3, -0.25) is 4.79 Å². The molecule has 0 saturated carbocycles. The first-order chi connectivity index (χ1) is 16.8. The summed E-state index contributed by atoms with van der Waals surface area (Å²) in [6.45, 7) is 3.73. The first kappa shape index (κ1) is 25.8. The summed E-state index contributed by atoms with van der Waals surface area (Å²) in [5, 5.41) is 17.7. The van der Waals surface area contributed by atoms with Crippen molar-refractivity contribution in [2.45, 2.75) is 25.4 Å². The van der Waals surface area contributed by atoms with Crippen LogP contribution in [-0.4, -0.2) is 42.3 Å². The number of thiazole rings is 1. The Hall–Kier alpha value is -3.85. The highest BCUT2D eigenvalue weighted by molar-refractivity contribution is 7.13. The number of phenolic OH excluding ortho intramolecular Hbond substituents is 1. The van der Waals surface area contributed by atoms with Gasteiger partial charge < -0.3 is 25.2 Å². The lowest BCUT2D eigenvalue weighted by molar-refractivity contribution is -0.149. The third kappa shape index (κ3) is 5.81. The molecule has 9 heteroatoms. The van der Waals surface area contributed by atoms with Crippen LogP contribution in [0, 0.1) is 5.92 Å². The molecular weight excluding hydrogens is 466 g/mol. The Kier molecular flexibility index (Phi) is 8.48. The van der Waals surface area contributed by atoms with Gasteiger partial charge in [0.1, 0.15) is 11.7 Å². The minimum atomic E-state index is -0.815. The van der Waals surface area contributed by atoms with Gasteiger partial charge in [0, 0.05) is 17.3 Å². The molecule has 0 saturated heterocycles. The highest BCUT2D eigenvalue weighted by Gasteiger charge is 2.52. The van der Waals surface area contributed by atoms with Crippen molar-refractivity contribution >= 4 is 28.4 Å². The number of anilines is 1. The van der Waals surface area contributed by atoms with Crippen molar-refractivity contribution in [3.8, 4) is 5.75 Å². The van der Waals surface area contributed by atoms with Crippen molar-refractivity contribution in [1.29, 1.82) is 0 Å². The zero-order valence-corrected chi connectivity index (χ0v) is 20.8. The summed E-state index contributed by atoms with van der Waals surface area (Å²) >= 11 is 1.39. The fraction of sp³-hybridized carbons (Fsp3) is 0.269. The van der Waals surface area contributed by atoms with Gasteiger partial charge in [0.2, 0.25) is 0 Å². The van der Waals surface area contributed by atoms with Crippen LogP contribution in [0.5, 0.6) is 5.75 Å². The van der Waals surface area contributed by atoms with E-state index in [-0.39, 0.29) is 0 Å². The van der Waals surface area contributed by atoms with Crippen LogP contribution in [0.2, 0.25) is 0 Å². The van der Waals surface area contributed by atoms with E-state index in [1.165, 1.54) is 25.6 Å². The number of hydrogen-bond acceptors (Lipinski definition) is 9. The van der Waals surface area contributed by atoms with Gasteiger partial charge in [-0.05, 0) is 31.5 Å². The zero-order chi connectivity index (χ0) is 25.4. The van der Waals surface area contributed by atoms with Gasteiger partial charge in [-0.25, -0.2) is 9.78 Å². The second-order valence-corrected chi connectivity index (χ2v) is 8.91. The summed E-state index contributed by atoms with van der Waals surface area (Å²) in [7, 11) is 2.67. The van der Waals surface area contributed by atoms with Crippen LogP contribution in [0.4, 0.5) is 5.13 Å². The first-order valence-electron chi connectivity index (χ1n) is 10.9. The molecule has 3 N–H and O–H groups in total. The fourth-order valence-electron chi connectivity index (χ4n) is 4.20. The van der Waals surface area contributed by atoms with Crippen LogP contribution >= 0.6 is 11.3 Å². The minimum Gasteiger partial charge on any atom is -0.508 e. The molecule has 2 aromatic carbocycles. The number of carbonyl (C=O) groups excluding carboxylic acids is 2. The summed E-state index contributed by atoms with van der Waals surface area (Å²) < 4.78 is 10.1. The lowest BCUT2D eigenvalue weighted by Gasteiger charge is -2.46. The molecule has 3 aromatic rings. The number of para-hydroxylation sites is 1. The van der Waals surface area contributed by atoms with Crippen molar-refractivity contribution in [2.24, 2.45) is 5.92 Å². The van der Waals surface area contributed by atoms with Crippen molar-refractivity contribution < 1.29 is 24.2 Å². The number of allylic oxidation sites excluding steroid dienone is 1. The maximum atomic E-state index is 13.0. The van der Waals surface area contributed by atoms with Crippen LogP contribution in [0.15, 0.2) is 83.5 Å². The number of hydrogen-bond donors (Lipinski definition) is 3. The van der Waals surface area contributed by atoms with Crippen LogP contribution in [0.3, 0.4) is 0 Å². The molecule has 4 rings (SSSR count). The highest BCUT2D eigenvalue weighted by Crippen LogP contribution is 2.41.